The largest absolute Gasteiger partial charge is 0.508 e. The predicted octanol–water partition coefficient (Wildman–Crippen LogP) is 3.36. The van der Waals surface area contributed by atoms with Crippen molar-refractivity contribution in [3.05, 3.63) is 52.8 Å². The molecule has 2 rings (SSSR count). The van der Waals surface area contributed by atoms with Crippen LogP contribution in [0.1, 0.15) is 23.6 Å². The van der Waals surface area contributed by atoms with Gasteiger partial charge in [-0.3, -0.25) is 4.79 Å². The molecule has 0 unspecified atom stereocenters. The molecular formula is C17H17FO4. The van der Waals surface area contributed by atoms with Crippen molar-refractivity contribution in [2.45, 2.75) is 20.3 Å². The number of carbonyl (C=O) groups is 1. The average Bonchev–Trinajstić information content (AvgIpc) is 2.43. The zero-order valence-electron chi connectivity index (χ0n) is 12.6. The fourth-order valence-corrected chi connectivity index (χ4v) is 2.21. The number of ether oxygens (including phenoxy) is 2. The first kappa shape index (κ1) is 15.8. The van der Waals surface area contributed by atoms with E-state index in [2.05, 4.69) is 0 Å². The second-order valence-electron chi connectivity index (χ2n) is 4.97. The molecular weight excluding hydrogens is 287 g/mol. The van der Waals surface area contributed by atoms with Crippen molar-refractivity contribution in [3.8, 4) is 17.2 Å². The van der Waals surface area contributed by atoms with Crippen molar-refractivity contribution in [1.82, 2.24) is 0 Å². The summed E-state index contributed by atoms with van der Waals surface area (Å²) in [7, 11) is 1.47. The van der Waals surface area contributed by atoms with E-state index in [0.29, 0.717) is 22.4 Å². The Bertz CT molecular complexity index is 687. The standard InChI is InChI=1S/C17H17FO4/c1-10-6-14(22-11(2)19)9-17(20)15(10)7-12-4-5-13(21-3)8-16(12)18/h4-6,8-9,20H,7H2,1-3H3. The second kappa shape index (κ2) is 6.47. The first-order chi connectivity index (χ1) is 10.4. The third-order valence-electron chi connectivity index (χ3n) is 3.31. The van der Waals surface area contributed by atoms with Crippen LogP contribution in [0, 0.1) is 12.7 Å². The molecule has 116 valence electrons. The number of hydrogen-bond acceptors (Lipinski definition) is 4. The molecule has 4 nitrogen and oxygen atoms in total. The highest BCUT2D eigenvalue weighted by molar-refractivity contribution is 5.69. The van der Waals surface area contributed by atoms with Crippen LogP contribution >= 0.6 is 0 Å². The lowest BCUT2D eigenvalue weighted by molar-refractivity contribution is -0.131. The average molecular weight is 304 g/mol. The van der Waals surface area contributed by atoms with E-state index in [0.717, 1.165) is 0 Å². The quantitative estimate of drug-likeness (QED) is 0.695. The van der Waals surface area contributed by atoms with Gasteiger partial charge in [0.1, 0.15) is 23.1 Å². The van der Waals surface area contributed by atoms with Gasteiger partial charge in [-0.15, -0.1) is 0 Å². The summed E-state index contributed by atoms with van der Waals surface area (Å²) in [5, 5.41) is 10.1. The normalized spacial score (nSPS) is 10.4. The molecule has 0 aliphatic heterocycles. The summed E-state index contributed by atoms with van der Waals surface area (Å²) in [6.45, 7) is 3.05. The third kappa shape index (κ3) is 3.55. The van der Waals surface area contributed by atoms with Crippen LogP contribution in [0.25, 0.3) is 0 Å². The van der Waals surface area contributed by atoms with Crippen molar-refractivity contribution in [1.29, 1.82) is 0 Å². The van der Waals surface area contributed by atoms with Crippen molar-refractivity contribution in [3.63, 3.8) is 0 Å². The number of esters is 1. The molecule has 2 aromatic rings. The molecule has 0 aromatic heterocycles. The Morgan fingerprint density at radius 3 is 2.50 bits per heavy atom. The Morgan fingerprint density at radius 2 is 1.95 bits per heavy atom. The van der Waals surface area contributed by atoms with Crippen molar-refractivity contribution < 1.29 is 23.8 Å². The van der Waals surface area contributed by atoms with Gasteiger partial charge in [0, 0.05) is 31.0 Å². The lowest BCUT2D eigenvalue weighted by Gasteiger charge is -2.12. The molecule has 0 heterocycles. The summed E-state index contributed by atoms with van der Waals surface area (Å²) in [5.41, 5.74) is 1.74. The summed E-state index contributed by atoms with van der Waals surface area (Å²) in [5.74, 6) is -0.199. The number of carbonyl (C=O) groups excluding carboxylic acids is 1. The highest BCUT2D eigenvalue weighted by Gasteiger charge is 2.13. The van der Waals surface area contributed by atoms with Gasteiger partial charge in [0.2, 0.25) is 0 Å². The van der Waals surface area contributed by atoms with Gasteiger partial charge >= 0.3 is 5.97 Å². The van der Waals surface area contributed by atoms with Crippen LogP contribution in [0.2, 0.25) is 0 Å². The van der Waals surface area contributed by atoms with Crippen molar-refractivity contribution in [2.75, 3.05) is 7.11 Å². The fourth-order valence-electron chi connectivity index (χ4n) is 2.21. The summed E-state index contributed by atoms with van der Waals surface area (Å²) >= 11 is 0. The number of phenolic OH excluding ortho intramolecular Hbond substituents is 1. The first-order valence-corrected chi connectivity index (χ1v) is 6.74. The van der Waals surface area contributed by atoms with E-state index in [9.17, 15) is 14.3 Å². The number of aryl methyl sites for hydroxylation is 1. The SMILES string of the molecule is COc1ccc(Cc2c(C)cc(OC(C)=O)cc2O)c(F)c1. The van der Waals surface area contributed by atoms with Gasteiger partial charge in [0.25, 0.3) is 0 Å². The van der Waals surface area contributed by atoms with Gasteiger partial charge in [-0.05, 0) is 30.2 Å². The number of benzene rings is 2. The molecule has 22 heavy (non-hydrogen) atoms. The van der Waals surface area contributed by atoms with Crippen LogP contribution in [0.3, 0.4) is 0 Å². The van der Waals surface area contributed by atoms with Crippen LogP contribution in [-0.2, 0) is 11.2 Å². The Balaban J connectivity index is 2.32. The van der Waals surface area contributed by atoms with Crippen molar-refractivity contribution >= 4 is 5.97 Å². The van der Waals surface area contributed by atoms with E-state index in [1.165, 1.54) is 26.2 Å². The van der Waals surface area contributed by atoms with Gasteiger partial charge < -0.3 is 14.6 Å². The number of halogens is 1. The lowest BCUT2D eigenvalue weighted by atomic mass is 9.98. The molecule has 0 radical (unpaired) electrons. The van der Waals surface area contributed by atoms with E-state index < -0.39 is 11.8 Å². The summed E-state index contributed by atoms with van der Waals surface area (Å²) in [6.07, 6.45) is 0.230. The topological polar surface area (TPSA) is 55.8 Å². The van der Waals surface area contributed by atoms with Gasteiger partial charge in [-0.25, -0.2) is 4.39 Å². The van der Waals surface area contributed by atoms with E-state index in [4.69, 9.17) is 9.47 Å². The number of phenols is 1. The van der Waals surface area contributed by atoms with Crippen LogP contribution < -0.4 is 9.47 Å². The minimum atomic E-state index is -0.465. The highest BCUT2D eigenvalue weighted by atomic mass is 19.1. The van der Waals surface area contributed by atoms with Crippen LogP contribution in [0.5, 0.6) is 17.2 Å². The molecule has 0 aliphatic rings. The molecule has 0 bridgehead atoms. The molecule has 0 spiro atoms. The Morgan fingerprint density at radius 1 is 1.23 bits per heavy atom. The van der Waals surface area contributed by atoms with Gasteiger partial charge in [0.15, 0.2) is 0 Å². The number of hydrogen-bond donors (Lipinski definition) is 1. The summed E-state index contributed by atoms with van der Waals surface area (Å²) in [6, 6.07) is 7.57. The smallest absolute Gasteiger partial charge is 0.308 e. The Labute approximate surface area is 128 Å². The second-order valence-corrected chi connectivity index (χ2v) is 4.97. The van der Waals surface area contributed by atoms with E-state index in [1.54, 1.807) is 25.1 Å². The number of methoxy groups -OCH3 is 1. The molecule has 0 saturated carbocycles. The minimum absolute atomic E-state index is 0.0357. The van der Waals surface area contributed by atoms with Crippen LogP contribution in [-0.4, -0.2) is 18.2 Å². The fraction of sp³-hybridized carbons (Fsp3) is 0.235. The summed E-state index contributed by atoms with van der Waals surface area (Å²) < 4.78 is 23.9. The van der Waals surface area contributed by atoms with E-state index >= 15 is 0 Å². The maximum Gasteiger partial charge on any atom is 0.308 e. The van der Waals surface area contributed by atoms with E-state index in [-0.39, 0.29) is 17.9 Å². The van der Waals surface area contributed by atoms with Gasteiger partial charge in [0.05, 0.1) is 7.11 Å². The van der Waals surface area contributed by atoms with Gasteiger partial charge in [-0.1, -0.05) is 6.07 Å². The third-order valence-corrected chi connectivity index (χ3v) is 3.31. The molecule has 0 aliphatic carbocycles. The minimum Gasteiger partial charge on any atom is -0.508 e. The zero-order valence-corrected chi connectivity index (χ0v) is 12.6. The highest BCUT2D eigenvalue weighted by Crippen LogP contribution is 2.30. The Hall–Kier alpha value is -2.56. The van der Waals surface area contributed by atoms with Crippen LogP contribution in [0.15, 0.2) is 30.3 Å². The molecule has 0 amide bonds. The number of rotatable bonds is 4. The zero-order chi connectivity index (χ0) is 16.3. The maximum absolute atomic E-state index is 14.0. The van der Waals surface area contributed by atoms with Gasteiger partial charge in [-0.2, -0.15) is 0 Å². The number of aromatic hydroxyl groups is 1. The molecule has 2 aromatic carbocycles. The molecule has 0 fully saturated rings. The van der Waals surface area contributed by atoms with Crippen LogP contribution in [0.4, 0.5) is 4.39 Å². The molecule has 5 heteroatoms. The van der Waals surface area contributed by atoms with Crippen molar-refractivity contribution in [2.24, 2.45) is 0 Å². The lowest BCUT2D eigenvalue weighted by Crippen LogP contribution is -2.03. The van der Waals surface area contributed by atoms with E-state index in [1.807, 2.05) is 0 Å². The molecule has 1 N–H and O–H groups in total. The maximum atomic E-state index is 14.0. The predicted molar refractivity (Wildman–Crippen MR) is 79.9 cm³/mol. The molecule has 0 atom stereocenters. The Kier molecular flexibility index (Phi) is 4.65. The monoisotopic (exact) mass is 304 g/mol. The summed E-state index contributed by atoms with van der Waals surface area (Å²) in [4.78, 5) is 11.0. The first-order valence-electron chi connectivity index (χ1n) is 6.74. The molecule has 0 saturated heterocycles.